The van der Waals surface area contributed by atoms with E-state index in [1.54, 1.807) is 41.9 Å². The van der Waals surface area contributed by atoms with Crippen molar-refractivity contribution < 1.29 is 9.18 Å². The number of halogens is 1. The maximum Gasteiger partial charge on any atom is 0.283 e. The fraction of sp³-hybridized carbons (Fsp3) is 0.280. The maximum absolute atomic E-state index is 13.8. The minimum atomic E-state index is -0.293. The summed E-state index contributed by atoms with van der Waals surface area (Å²) in [7, 11) is 3.46. The lowest BCUT2D eigenvalue weighted by Gasteiger charge is -2.21. The second kappa shape index (κ2) is 9.30. The first kappa shape index (κ1) is 23.9. The Kier molecular flexibility index (Phi) is 6.17. The number of amides is 1. The van der Waals surface area contributed by atoms with Crippen LogP contribution in [0.2, 0.25) is 0 Å². The molecule has 1 amide bonds. The Morgan fingerprint density at radius 1 is 1.17 bits per heavy atom. The molecule has 2 aromatic heterocycles. The van der Waals surface area contributed by atoms with Crippen LogP contribution in [0.1, 0.15) is 32.7 Å². The Balaban J connectivity index is 1.52. The van der Waals surface area contributed by atoms with Gasteiger partial charge in [0.15, 0.2) is 5.69 Å². The minimum Gasteiger partial charge on any atom is -0.378 e. The predicted molar refractivity (Wildman–Crippen MR) is 140 cm³/mol. The van der Waals surface area contributed by atoms with Crippen molar-refractivity contribution in [3.05, 3.63) is 80.6 Å². The monoisotopic (exact) mass is 507 g/mol. The molecular weight excluding hydrogens is 481 g/mol. The summed E-state index contributed by atoms with van der Waals surface area (Å²) in [5.74, 6) is -0.0459. The fourth-order valence-corrected chi connectivity index (χ4v) is 4.92. The molecule has 3 heterocycles. The molecule has 2 aromatic carbocycles. The maximum atomic E-state index is 13.8. The van der Waals surface area contributed by atoms with Gasteiger partial charge < -0.3 is 10.2 Å². The number of benzene rings is 2. The lowest BCUT2D eigenvalue weighted by Crippen LogP contribution is -2.28. The van der Waals surface area contributed by atoms with Crippen LogP contribution in [0.3, 0.4) is 0 Å². The summed E-state index contributed by atoms with van der Waals surface area (Å²) in [6, 6.07) is 8.59. The van der Waals surface area contributed by atoms with Crippen LogP contribution >= 0.6 is 11.9 Å². The first-order valence-electron chi connectivity index (χ1n) is 11.4. The number of aromatic nitrogens is 4. The zero-order valence-electron chi connectivity index (χ0n) is 20.4. The Morgan fingerprint density at radius 3 is 2.72 bits per heavy atom. The van der Waals surface area contributed by atoms with E-state index in [0.717, 1.165) is 22.3 Å². The molecule has 0 fully saturated rings. The van der Waals surface area contributed by atoms with Crippen LogP contribution in [0, 0.1) is 12.7 Å². The van der Waals surface area contributed by atoms with Gasteiger partial charge in [-0.05, 0) is 47.4 Å². The molecule has 186 valence electrons. The topological polar surface area (TPSA) is 97.1 Å². The van der Waals surface area contributed by atoms with Gasteiger partial charge in [0, 0.05) is 46.2 Å². The standard InChI is InChI=1S/C25H26FN7O2S/c1-14-7-16(10-27-20-13-31(2)29-22(20)23(34)30-36-4)21-19(8-14)24(35)32(3)25(28-21)33-11-15-5-6-18(26)9-17(15)12-33/h5-9,13,27H,10-12H2,1-4H3,(H,30,34). The van der Waals surface area contributed by atoms with Gasteiger partial charge in [-0.15, -0.1) is 0 Å². The van der Waals surface area contributed by atoms with Gasteiger partial charge in [-0.3, -0.25) is 23.6 Å². The number of carbonyl (C=O) groups excluding carboxylic acids is 1. The van der Waals surface area contributed by atoms with Crippen molar-refractivity contribution in [1.82, 2.24) is 24.1 Å². The number of hydrogen-bond donors (Lipinski definition) is 2. The highest BCUT2D eigenvalue weighted by molar-refractivity contribution is 7.97. The number of fused-ring (bicyclic) bond motifs is 2. The number of aryl methyl sites for hydroxylation is 2. The number of nitrogens with zero attached hydrogens (tertiary/aromatic N) is 5. The van der Waals surface area contributed by atoms with Crippen LogP contribution in [0.15, 0.2) is 41.3 Å². The van der Waals surface area contributed by atoms with Crippen molar-refractivity contribution in [3.63, 3.8) is 0 Å². The average molecular weight is 508 g/mol. The smallest absolute Gasteiger partial charge is 0.283 e. The van der Waals surface area contributed by atoms with Crippen LogP contribution in [0.25, 0.3) is 10.9 Å². The summed E-state index contributed by atoms with van der Waals surface area (Å²) in [4.78, 5) is 32.7. The van der Waals surface area contributed by atoms with Crippen LogP contribution in [0.5, 0.6) is 0 Å². The van der Waals surface area contributed by atoms with E-state index >= 15 is 0 Å². The van der Waals surface area contributed by atoms with E-state index in [2.05, 4.69) is 15.1 Å². The highest BCUT2D eigenvalue weighted by Crippen LogP contribution is 2.29. The van der Waals surface area contributed by atoms with E-state index < -0.39 is 0 Å². The molecule has 1 aliphatic rings. The highest BCUT2D eigenvalue weighted by Gasteiger charge is 2.24. The molecule has 9 nitrogen and oxygen atoms in total. The fourth-order valence-electron chi connectivity index (χ4n) is 4.63. The molecule has 0 unspecified atom stereocenters. The summed E-state index contributed by atoms with van der Waals surface area (Å²) in [5, 5.41) is 8.08. The summed E-state index contributed by atoms with van der Waals surface area (Å²) in [6.45, 7) is 3.30. The van der Waals surface area contributed by atoms with Gasteiger partial charge >= 0.3 is 0 Å². The first-order chi connectivity index (χ1) is 17.2. The van der Waals surface area contributed by atoms with Crippen LogP contribution in [-0.2, 0) is 33.7 Å². The number of carbonyl (C=O) groups is 1. The molecule has 0 radical (unpaired) electrons. The lowest BCUT2D eigenvalue weighted by atomic mass is 10.1. The first-order valence-corrected chi connectivity index (χ1v) is 12.6. The third-order valence-electron chi connectivity index (χ3n) is 6.26. The molecule has 5 rings (SSSR count). The Labute approximate surface area is 211 Å². The average Bonchev–Trinajstić information content (AvgIpc) is 3.43. The normalized spacial score (nSPS) is 12.8. The van der Waals surface area contributed by atoms with Crippen molar-refractivity contribution in [2.24, 2.45) is 14.1 Å². The molecule has 36 heavy (non-hydrogen) atoms. The van der Waals surface area contributed by atoms with Gasteiger partial charge in [-0.25, -0.2) is 9.37 Å². The molecule has 11 heteroatoms. The third-order valence-corrected chi connectivity index (χ3v) is 6.65. The van der Waals surface area contributed by atoms with E-state index in [9.17, 15) is 14.0 Å². The van der Waals surface area contributed by atoms with E-state index in [4.69, 9.17) is 4.98 Å². The van der Waals surface area contributed by atoms with Crippen molar-refractivity contribution in [1.29, 1.82) is 0 Å². The molecule has 0 saturated carbocycles. The summed E-state index contributed by atoms with van der Waals surface area (Å²) >= 11 is 1.20. The third kappa shape index (κ3) is 4.30. The quantitative estimate of drug-likeness (QED) is 0.387. The van der Waals surface area contributed by atoms with E-state index in [0.29, 0.717) is 42.2 Å². The van der Waals surface area contributed by atoms with E-state index in [-0.39, 0.29) is 23.0 Å². The molecule has 1 aliphatic heterocycles. The largest absolute Gasteiger partial charge is 0.378 e. The molecule has 0 bridgehead atoms. The molecule has 0 saturated heterocycles. The predicted octanol–water partition coefficient (Wildman–Crippen LogP) is 3.25. The van der Waals surface area contributed by atoms with Crippen LogP contribution in [-0.4, -0.2) is 31.5 Å². The van der Waals surface area contributed by atoms with Crippen molar-refractivity contribution in [2.75, 3.05) is 16.5 Å². The Morgan fingerprint density at radius 2 is 1.94 bits per heavy atom. The zero-order chi connectivity index (χ0) is 25.6. The van der Waals surface area contributed by atoms with Gasteiger partial charge in [-0.1, -0.05) is 24.1 Å². The molecular formula is C25H26FN7O2S. The number of rotatable bonds is 6. The van der Waals surface area contributed by atoms with Crippen molar-refractivity contribution >= 4 is 40.4 Å². The Hall–Kier alpha value is -3.86. The second-order valence-corrected chi connectivity index (χ2v) is 9.53. The van der Waals surface area contributed by atoms with Crippen molar-refractivity contribution in [3.8, 4) is 0 Å². The summed E-state index contributed by atoms with van der Waals surface area (Å²) in [5.41, 5.74) is 4.98. The Bertz CT molecular complexity index is 1560. The van der Waals surface area contributed by atoms with Crippen LogP contribution < -0.4 is 20.5 Å². The second-order valence-electron chi connectivity index (χ2n) is 8.92. The molecule has 0 aliphatic carbocycles. The number of nitrogens with one attached hydrogen (secondary N) is 2. The van der Waals surface area contributed by atoms with E-state index in [1.807, 2.05) is 24.0 Å². The summed E-state index contributed by atoms with van der Waals surface area (Å²) in [6.07, 6.45) is 3.51. The minimum absolute atomic E-state index is 0.150. The van der Waals surface area contributed by atoms with Gasteiger partial charge in [-0.2, -0.15) is 5.10 Å². The zero-order valence-corrected chi connectivity index (χ0v) is 21.2. The molecule has 0 spiro atoms. The SMILES string of the molecule is CSNC(=O)c1nn(C)cc1NCc1cc(C)cc2c(=O)n(C)c(N3Cc4ccc(F)cc4C3)nc12. The van der Waals surface area contributed by atoms with Gasteiger partial charge in [0.05, 0.1) is 16.6 Å². The molecule has 4 aromatic rings. The van der Waals surface area contributed by atoms with Gasteiger partial charge in [0.2, 0.25) is 5.95 Å². The number of hydrogen-bond acceptors (Lipinski definition) is 7. The van der Waals surface area contributed by atoms with Gasteiger partial charge in [0.1, 0.15) is 5.82 Å². The summed E-state index contributed by atoms with van der Waals surface area (Å²) < 4.78 is 19.6. The molecule has 2 N–H and O–H groups in total. The van der Waals surface area contributed by atoms with Gasteiger partial charge in [0.25, 0.3) is 11.5 Å². The number of anilines is 2. The van der Waals surface area contributed by atoms with E-state index in [1.165, 1.54) is 24.1 Å². The lowest BCUT2D eigenvalue weighted by molar-refractivity contribution is 0.0979. The highest BCUT2D eigenvalue weighted by atomic mass is 32.2. The van der Waals surface area contributed by atoms with Crippen molar-refractivity contribution in [2.45, 2.75) is 26.6 Å². The van der Waals surface area contributed by atoms with Crippen LogP contribution in [0.4, 0.5) is 16.0 Å². The molecule has 0 atom stereocenters.